The maximum atomic E-state index is 14.7. The molecule has 1 fully saturated rings. The van der Waals surface area contributed by atoms with E-state index in [0.717, 1.165) is 31.7 Å². The van der Waals surface area contributed by atoms with Crippen molar-refractivity contribution in [3.63, 3.8) is 0 Å². The number of amides is 1. The van der Waals surface area contributed by atoms with Crippen molar-refractivity contribution in [2.45, 2.75) is 44.9 Å². The van der Waals surface area contributed by atoms with Crippen LogP contribution in [0.15, 0.2) is 34.5 Å². The fourth-order valence-corrected chi connectivity index (χ4v) is 4.56. The van der Waals surface area contributed by atoms with Crippen LogP contribution in [-0.4, -0.2) is 73.1 Å². The lowest BCUT2D eigenvalue weighted by Crippen LogP contribution is -2.36. The molecule has 1 amide bonds. The molecule has 35 heavy (non-hydrogen) atoms. The Balaban J connectivity index is 1.32. The zero-order valence-electron chi connectivity index (χ0n) is 20.6. The summed E-state index contributed by atoms with van der Waals surface area (Å²) < 4.78 is 21.9. The van der Waals surface area contributed by atoms with Gasteiger partial charge in [-0.2, -0.15) is 5.10 Å². The maximum Gasteiger partial charge on any atom is 0.251 e. The number of ether oxygens (including phenoxy) is 1. The number of aryl methyl sites for hydroxylation is 1. The first kappa shape index (κ1) is 24.8. The molecule has 1 saturated heterocycles. The number of hydrogen-bond donors (Lipinski definition) is 2. The van der Waals surface area contributed by atoms with Crippen molar-refractivity contribution in [3.8, 4) is 5.75 Å². The number of hydrogen-bond acceptors (Lipinski definition) is 7. The van der Waals surface area contributed by atoms with Crippen LogP contribution in [0.3, 0.4) is 0 Å². The number of carbonyl (C=O) groups is 1. The Morgan fingerprint density at radius 2 is 2.09 bits per heavy atom. The van der Waals surface area contributed by atoms with Gasteiger partial charge in [0.05, 0.1) is 25.0 Å². The van der Waals surface area contributed by atoms with Crippen LogP contribution in [0.2, 0.25) is 0 Å². The van der Waals surface area contributed by atoms with E-state index < -0.39 is 12.1 Å². The molecule has 1 unspecified atom stereocenters. The van der Waals surface area contributed by atoms with Gasteiger partial charge in [-0.3, -0.25) is 19.5 Å². The Morgan fingerprint density at radius 1 is 1.29 bits per heavy atom. The normalized spacial score (nSPS) is 22.2. The van der Waals surface area contributed by atoms with Crippen molar-refractivity contribution in [1.29, 1.82) is 0 Å². The standard InChI is InChI=1S/C25H34FN7O2/c1-4-32-9-5-6-21(16-32)33-15-20(14-30-33)31-25-28-12-17(13-29-25)7-8-18-10-19(24(34)27-2)11-22(35-3)23(18)26/h10-15,17,21,25,31H,4-9,16H2,1-3H3,(H,27,34). The third kappa shape index (κ3) is 6.05. The Kier molecular flexibility index (Phi) is 8.12. The summed E-state index contributed by atoms with van der Waals surface area (Å²) in [5, 5.41) is 10.4. The van der Waals surface area contributed by atoms with Crippen molar-refractivity contribution in [1.82, 2.24) is 20.0 Å². The zero-order chi connectivity index (χ0) is 24.8. The smallest absolute Gasteiger partial charge is 0.251 e. The largest absolute Gasteiger partial charge is 0.494 e. The molecule has 2 N–H and O–H groups in total. The second-order valence-corrected chi connectivity index (χ2v) is 8.95. The Hall–Kier alpha value is -3.27. The molecule has 0 radical (unpaired) electrons. The van der Waals surface area contributed by atoms with E-state index in [1.807, 2.05) is 29.5 Å². The van der Waals surface area contributed by atoms with Crippen molar-refractivity contribution in [3.05, 3.63) is 41.5 Å². The van der Waals surface area contributed by atoms with Crippen LogP contribution in [0, 0.1) is 11.7 Å². The van der Waals surface area contributed by atoms with Crippen LogP contribution < -0.4 is 15.4 Å². The average Bonchev–Trinajstić information content (AvgIpc) is 3.37. The lowest BCUT2D eigenvalue weighted by molar-refractivity contribution is 0.0962. The van der Waals surface area contributed by atoms with Crippen molar-refractivity contribution in [2.24, 2.45) is 15.9 Å². The van der Waals surface area contributed by atoms with Gasteiger partial charge in [0.2, 0.25) is 6.29 Å². The van der Waals surface area contributed by atoms with Crippen LogP contribution in [-0.2, 0) is 6.42 Å². The number of methoxy groups -OCH3 is 1. The fraction of sp³-hybridized carbons (Fsp3) is 0.520. The Labute approximate surface area is 205 Å². The van der Waals surface area contributed by atoms with Crippen molar-refractivity contribution < 1.29 is 13.9 Å². The van der Waals surface area contributed by atoms with E-state index in [1.165, 1.54) is 26.6 Å². The van der Waals surface area contributed by atoms with Gasteiger partial charge in [-0.25, -0.2) is 4.39 Å². The maximum absolute atomic E-state index is 14.7. The Bertz CT molecular complexity index is 1070. The van der Waals surface area contributed by atoms with E-state index in [9.17, 15) is 9.18 Å². The highest BCUT2D eigenvalue weighted by molar-refractivity contribution is 5.94. The molecule has 0 saturated carbocycles. The molecular formula is C25H34FN7O2. The molecule has 188 valence electrons. The van der Waals surface area contributed by atoms with Crippen LogP contribution in [0.4, 0.5) is 10.1 Å². The number of likely N-dealkylation sites (tertiary alicyclic amines) is 1. The summed E-state index contributed by atoms with van der Waals surface area (Å²) in [7, 11) is 2.93. The van der Waals surface area contributed by atoms with E-state index in [4.69, 9.17) is 4.74 Å². The van der Waals surface area contributed by atoms with E-state index >= 15 is 0 Å². The molecule has 2 aliphatic heterocycles. The minimum Gasteiger partial charge on any atom is -0.494 e. The number of halogens is 1. The molecule has 2 aromatic rings. The highest BCUT2D eigenvalue weighted by Gasteiger charge is 2.22. The van der Waals surface area contributed by atoms with E-state index in [-0.39, 0.29) is 17.6 Å². The van der Waals surface area contributed by atoms with E-state index in [1.54, 1.807) is 6.07 Å². The van der Waals surface area contributed by atoms with Gasteiger partial charge in [-0.05, 0) is 56.5 Å². The molecule has 1 aromatic carbocycles. The summed E-state index contributed by atoms with van der Waals surface area (Å²) in [4.78, 5) is 23.5. The average molecular weight is 484 g/mol. The first-order chi connectivity index (χ1) is 17.0. The lowest BCUT2D eigenvalue weighted by atomic mass is 9.98. The SMILES string of the molecule is CCN1CCCC(n2cc(NC3N=CC(CCc4cc(C(=O)NC)cc(OC)c4F)C=N3)cn2)C1. The molecule has 9 nitrogen and oxygen atoms in total. The molecule has 10 heteroatoms. The summed E-state index contributed by atoms with van der Waals surface area (Å²) in [6.45, 7) is 5.44. The highest BCUT2D eigenvalue weighted by atomic mass is 19.1. The molecule has 1 atom stereocenters. The molecule has 4 rings (SSSR count). The van der Waals surface area contributed by atoms with Crippen LogP contribution >= 0.6 is 0 Å². The van der Waals surface area contributed by atoms with Gasteiger partial charge >= 0.3 is 0 Å². The van der Waals surface area contributed by atoms with Crippen LogP contribution in [0.25, 0.3) is 0 Å². The van der Waals surface area contributed by atoms with Gasteiger partial charge in [-0.15, -0.1) is 0 Å². The number of anilines is 1. The third-order valence-electron chi connectivity index (χ3n) is 6.61. The summed E-state index contributed by atoms with van der Waals surface area (Å²) in [5.41, 5.74) is 1.69. The second kappa shape index (κ2) is 11.4. The topological polar surface area (TPSA) is 96.1 Å². The number of likely N-dealkylation sites (N-methyl/N-ethyl adjacent to an activating group) is 1. The predicted molar refractivity (Wildman–Crippen MR) is 135 cm³/mol. The van der Waals surface area contributed by atoms with Crippen LogP contribution in [0.5, 0.6) is 5.75 Å². The van der Waals surface area contributed by atoms with Crippen LogP contribution in [0.1, 0.15) is 48.1 Å². The molecule has 2 aliphatic rings. The first-order valence-electron chi connectivity index (χ1n) is 12.2. The van der Waals surface area contributed by atoms with Gasteiger partial charge in [0.15, 0.2) is 11.6 Å². The number of nitrogens with one attached hydrogen (secondary N) is 2. The highest BCUT2D eigenvalue weighted by Crippen LogP contribution is 2.26. The summed E-state index contributed by atoms with van der Waals surface area (Å²) >= 11 is 0. The summed E-state index contributed by atoms with van der Waals surface area (Å²) in [5.74, 6) is -0.685. The number of benzene rings is 1. The molecule has 0 spiro atoms. The summed E-state index contributed by atoms with van der Waals surface area (Å²) in [6, 6.07) is 3.37. The quantitative estimate of drug-likeness (QED) is 0.571. The van der Waals surface area contributed by atoms with Gasteiger partial charge in [0.25, 0.3) is 5.91 Å². The minimum atomic E-state index is -0.443. The second-order valence-electron chi connectivity index (χ2n) is 8.95. The fourth-order valence-electron chi connectivity index (χ4n) is 4.56. The molecule has 1 aromatic heterocycles. The third-order valence-corrected chi connectivity index (χ3v) is 6.61. The van der Waals surface area contributed by atoms with Gasteiger partial charge in [0, 0.05) is 43.7 Å². The number of carbonyl (C=O) groups excluding carboxylic acids is 1. The lowest BCUT2D eigenvalue weighted by Gasteiger charge is -2.31. The molecule has 3 heterocycles. The number of rotatable bonds is 9. The van der Waals surface area contributed by atoms with E-state index in [2.05, 4.69) is 37.5 Å². The molecule has 0 aliphatic carbocycles. The number of piperidine rings is 1. The van der Waals surface area contributed by atoms with Gasteiger partial charge in [0.1, 0.15) is 0 Å². The van der Waals surface area contributed by atoms with Gasteiger partial charge < -0.3 is 20.3 Å². The number of nitrogens with zero attached hydrogens (tertiary/aromatic N) is 5. The van der Waals surface area contributed by atoms with Crippen molar-refractivity contribution in [2.75, 3.05) is 39.1 Å². The Morgan fingerprint density at radius 3 is 2.80 bits per heavy atom. The number of aromatic nitrogens is 2. The monoisotopic (exact) mass is 483 g/mol. The van der Waals surface area contributed by atoms with Gasteiger partial charge in [-0.1, -0.05) is 6.92 Å². The van der Waals surface area contributed by atoms with Crippen molar-refractivity contribution >= 4 is 24.0 Å². The first-order valence-corrected chi connectivity index (χ1v) is 12.2. The summed E-state index contributed by atoms with van der Waals surface area (Å²) in [6.07, 6.45) is 10.5. The molecular weight excluding hydrogens is 449 g/mol. The molecule has 0 bridgehead atoms. The predicted octanol–water partition coefficient (Wildman–Crippen LogP) is 3.15. The number of aliphatic imine (C=N–C) groups is 2. The minimum absolute atomic E-state index is 0.0212. The van der Waals surface area contributed by atoms with E-state index in [0.29, 0.717) is 30.0 Å². The zero-order valence-corrected chi connectivity index (χ0v) is 20.6.